The van der Waals surface area contributed by atoms with Crippen LogP contribution >= 0.6 is 15.9 Å². The monoisotopic (exact) mass is 350 g/mol. The minimum atomic E-state index is -0.525. The van der Waals surface area contributed by atoms with E-state index in [4.69, 9.17) is 0 Å². The van der Waals surface area contributed by atoms with Crippen molar-refractivity contribution in [3.05, 3.63) is 46.7 Å². The largest absolute Gasteiger partial charge is 0.465 e. The first kappa shape index (κ1) is 13.6. The van der Waals surface area contributed by atoms with Gasteiger partial charge in [-0.15, -0.1) is 0 Å². The molecule has 0 atom stereocenters. The number of rotatable bonds is 2. The predicted octanol–water partition coefficient (Wildman–Crippen LogP) is 2.50. The van der Waals surface area contributed by atoms with Crippen LogP contribution in [0.4, 0.5) is 4.39 Å². The van der Waals surface area contributed by atoms with Gasteiger partial charge in [0.15, 0.2) is 5.82 Å². The van der Waals surface area contributed by atoms with Gasteiger partial charge in [-0.05, 0) is 22.0 Å². The van der Waals surface area contributed by atoms with Gasteiger partial charge in [0.05, 0.1) is 35.1 Å². The molecule has 0 aliphatic carbocycles. The van der Waals surface area contributed by atoms with Crippen molar-refractivity contribution in [3.63, 3.8) is 0 Å². The van der Waals surface area contributed by atoms with Crippen molar-refractivity contribution in [2.45, 2.75) is 0 Å². The van der Waals surface area contributed by atoms with Gasteiger partial charge in [0.1, 0.15) is 5.52 Å². The maximum Gasteiger partial charge on any atom is 0.339 e. The van der Waals surface area contributed by atoms with E-state index in [0.29, 0.717) is 21.1 Å². The fourth-order valence-electron chi connectivity index (χ4n) is 1.89. The zero-order valence-electron chi connectivity index (χ0n) is 10.7. The number of esters is 1. The van der Waals surface area contributed by atoms with Crippen LogP contribution in [0.3, 0.4) is 0 Å². The molecule has 0 radical (unpaired) electrons. The zero-order valence-corrected chi connectivity index (χ0v) is 12.3. The molecule has 106 valence electrons. The maximum absolute atomic E-state index is 12.9. The third-order valence-electron chi connectivity index (χ3n) is 2.84. The first-order valence-corrected chi connectivity index (χ1v) is 6.62. The molecular weight excluding hydrogens is 343 g/mol. The third kappa shape index (κ3) is 2.38. The normalized spacial score (nSPS) is 10.8. The number of hydrogen-bond donors (Lipinski definition) is 0. The molecule has 0 bridgehead atoms. The number of aromatic nitrogens is 4. The van der Waals surface area contributed by atoms with E-state index < -0.39 is 11.8 Å². The Kier molecular flexibility index (Phi) is 3.38. The van der Waals surface area contributed by atoms with E-state index >= 15 is 0 Å². The van der Waals surface area contributed by atoms with E-state index in [2.05, 4.69) is 35.6 Å². The molecule has 3 rings (SSSR count). The van der Waals surface area contributed by atoms with E-state index in [1.807, 2.05) is 0 Å². The minimum Gasteiger partial charge on any atom is -0.465 e. The minimum absolute atomic E-state index is 0.274. The SMILES string of the molecule is COC(=O)c1cnc2c(Br)cn(-c3ncc(F)cn3)c2c1. The number of nitrogens with zero attached hydrogens (tertiary/aromatic N) is 4. The number of halogens is 2. The molecule has 3 aromatic rings. The summed E-state index contributed by atoms with van der Waals surface area (Å²) in [4.78, 5) is 23.6. The Morgan fingerprint density at radius 3 is 2.67 bits per heavy atom. The fraction of sp³-hybridized carbons (Fsp3) is 0.0769. The molecule has 0 aromatic carbocycles. The highest BCUT2D eigenvalue weighted by molar-refractivity contribution is 9.10. The average molecular weight is 351 g/mol. The smallest absolute Gasteiger partial charge is 0.339 e. The highest BCUT2D eigenvalue weighted by Crippen LogP contribution is 2.26. The van der Waals surface area contributed by atoms with Crippen LogP contribution in [0.1, 0.15) is 10.4 Å². The lowest BCUT2D eigenvalue weighted by Gasteiger charge is -2.04. The van der Waals surface area contributed by atoms with Gasteiger partial charge in [-0.1, -0.05) is 0 Å². The second-order valence-corrected chi connectivity index (χ2v) is 4.99. The van der Waals surface area contributed by atoms with Crippen LogP contribution < -0.4 is 0 Å². The number of pyridine rings is 1. The van der Waals surface area contributed by atoms with Gasteiger partial charge < -0.3 is 4.74 Å². The number of carbonyl (C=O) groups excluding carboxylic acids is 1. The molecule has 8 heteroatoms. The molecule has 0 amide bonds. The lowest BCUT2D eigenvalue weighted by atomic mass is 10.2. The van der Waals surface area contributed by atoms with Gasteiger partial charge in [-0.25, -0.2) is 19.2 Å². The Balaban J connectivity index is 2.22. The van der Waals surface area contributed by atoms with Crippen LogP contribution in [-0.4, -0.2) is 32.6 Å². The highest BCUT2D eigenvalue weighted by Gasteiger charge is 2.15. The Bertz CT molecular complexity index is 832. The predicted molar refractivity (Wildman–Crippen MR) is 75.7 cm³/mol. The summed E-state index contributed by atoms with van der Waals surface area (Å²) in [7, 11) is 1.30. The molecule has 0 fully saturated rings. The molecule has 3 aromatic heterocycles. The molecule has 21 heavy (non-hydrogen) atoms. The summed E-state index contributed by atoms with van der Waals surface area (Å²) in [6.07, 6.45) is 5.26. The van der Waals surface area contributed by atoms with Gasteiger partial charge >= 0.3 is 5.97 Å². The second-order valence-electron chi connectivity index (χ2n) is 4.13. The highest BCUT2D eigenvalue weighted by atomic mass is 79.9. The number of fused-ring (bicyclic) bond motifs is 1. The van der Waals surface area contributed by atoms with Crippen LogP contribution in [-0.2, 0) is 4.74 Å². The lowest BCUT2D eigenvalue weighted by molar-refractivity contribution is 0.0600. The first-order valence-electron chi connectivity index (χ1n) is 5.83. The molecule has 0 unspecified atom stereocenters. The van der Waals surface area contributed by atoms with Crippen LogP contribution in [0.5, 0.6) is 0 Å². The summed E-state index contributed by atoms with van der Waals surface area (Å²) >= 11 is 3.38. The van der Waals surface area contributed by atoms with Gasteiger partial charge in [-0.2, -0.15) is 0 Å². The van der Waals surface area contributed by atoms with E-state index in [-0.39, 0.29) is 5.95 Å². The number of ether oxygens (including phenoxy) is 1. The Morgan fingerprint density at radius 1 is 1.29 bits per heavy atom. The first-order chi connectivity index (χ1) is 10.1. The second kappa shape index (κ2) is 5.21. The standard InChI is InChI=1S/C13H8BrFN4O2/c1-21-12(20)7-2-10-11(16-3-7)9(14)6-19(10)13-17-4-8(15)5-18-13/h2-6H,1H3. The summed E-state index contributed by atoms with van der Waals surface area (Å²) in [5.41, 5.74) is 1.55. The fourth-order valence-corrected chi connectivity index (χ4v) is 2.40. The van der Waals surface area contributed by atoms with E-state index in [1.54, 1.807) is 16.8 Å². The van der Waals surface area contributed by atoms with Gasteiger partial charge in [-0.3, -0.25) is 9.55 Å². The van der Waals surface area contributed by atoms with Crippen molar-refractivity contribution in [2.75, 3.05) is 7.11 Å². The van der Waals surface area contributed by atoms with Crippen LogP contribution in [0.25, 0.3) is 17.0 Å². The quantitative estimate of drug-likeness (QED) is 0.664. The van der Waals surface area contributed by atoms with E-state index in [1.165, 1.54) is 13.3 Å². The summed E-state index contributed by atoms with van der Waals surface area (Å²) < 4.78 is 19.9. The van der Waals surface area contributed by atoms with Crippen molar-refractivity contribution >= 4 is 32.9 Å². The molecule has 0 aliphatic heterocycles. The summed E-state index contributed by atoms with van der Waals surface area (Å²) in [5, 5.41) is 0. The molecule has 0 aliphatic rings. The lowest BCUT2D eigenvalue weighted by Crippen LogP contribution is -2.04. The summed E-state index contributed by atoms with van der Waals surface area (Å²) in [6.45, 7) is 0. The van der Waals surface area contributed by atoms with Crippen molar-refractivity contribution < 1.29 is 13.9 Å². The van der Waals surface area contributed by atoms with Crippen molar-refractivity contribution in [1.82, 2.24) is 19.5 Å². The van der Waals surface area contributed by atoms with E-state index in [9.17, 15) is 9.18 Å². The van der Waals surface area contributed by atoms with Crippen molar-refractivity contribution in [1.29, 1.82) is 0 Å². The summed E-state index contributed by atoms with van der Waals surface area (Å²) in [6, 6.07) is 1.62. The van der Waals surface area contributed by atoms with Crippen LogP contribution in [0.15, 0.2) is 35.3 Å². The van der Waals surface area contributed by atoms with Crippen LogP contribution in [0.2, 0.25) is 0 Å². The topological polar surface area (TPSA) is 69.9 Å². The molecule has 0 N–H and O–H groups in total. The van der Waals surface area contributed by atoms with Gasteiger partial charge in [0, 0.05) is 12.4 Å². The Morgan fingerprint density at radius 2 is 2.00 bits per heavy atom. The number of carbonyl (C=O) groups is 1. The molecular formula is C13H8BrFN4O2. The molecule has 0 saturated carbocycles. The maximum atomic E-state index is 12.9. The average Bonchev–Trinajstić information content (AvgIpc) is 2.84. The van der Waals surface area contributed by atoms with Crippen molar-refractivity contribution in [3.8, 4) is 5.95 Å². The molecule has 6 nitrogen and oxygen atoms in total. The van der Waals surface area contributed by atoms with Gasteiger partial charge in [0.2, 0.25) is 5.95 Å². The van der Waals surface area contributed by atoms with Gasteiger partial charge in [0.25, 0.3) is 0 Å². The van der Waals surface area contributed by atoms with Crippen molar-refractivity contribution in [2.24, 2.45) is 0 Å². The number of methoxy groups -OCH3 is 1. The van der Waals surface area contributed by atoms with Crippen LogP contribution in [0, 0.1) is 5.82 Å². The number of hydrogen-bond acceptors (Lipinski definition) is 5. The Hall–Kier alpha value is -2.35. The third-order valence-corrected chi connectivity index (χ3v) is 3.42. The van der Waals surface area contributed by atoms with E-state index in [0.717, 1.165) is 12.4 Å². The molecule has 0 spiro atoms. The molecule has 0 saturated heterocycles. The zero-order chi connectivity index (χ0) is 15.0. The molecule has 3 heterocycles. The summed E-state index contributed by atoms with van der Waals surface area (Å²) in [5.74, 6) is -0.744. The Labute approximate surface area is 126 Å².